The zero-order valence-electron chi connectivity index (χ0n) is 24.4. The summed E-state index contributed by atoms with van der Waals surface area (Å²) in [6.45, 7) is 4.61. The molecule has 6 nitrogen and oxygen atoms in total. The van der Waals surface area contributed by atoms with Gasteiger partial charge in [0, 0.05) is 6.42 Å². The fourth-order valence-corrected chi connectivity index (χ4v) is 4.98. The van der Waals surface area contributed by atoms with Gasteiger partial charge in [0.05, 0.1) is 11.5 Å². The van der Waals surface area contributed by atoms with E-state index in [0.29, 0.717) is 34.8 Å². The molecule has 3 rings (SSSR count). The van der Waals surface area contributed by atoms with Gasteiger partial charge in [-0.05, 0) is 72.5 Å². The minimum Gasteiger partial charge on any atom is -0.744 e. The predicted octanol–water partition coefficient (Wildman–Crippen LogP) is 5.02. The van der Waals surface area contributed by atoms with E-state index in [4.69, 9.17) is 9.47 Å². The molecule has 0 amide bonds. The number of hydrogen-bond donors (Lipinski definition) is 1. The largest absolute Gasteiger partial charge is 1.00 e. The molecule has 0 radical (unpaired) electrons. The van der Waals surface area contributed by atoms with E-state index in [1.807, 2.05) is 6.92 Å². The zero-order valence-corrected chi connectivity index (χ0v) is 27.2. The first-order valence-electron chi connectivity index (χ1n) is 14.1. The Morgan fingerprint density at radius 3 is 2.12 bits per heavy atom. The van der Waals surface area contributed by atoms with Crippen molar-refractivity contribution < 1.29 is 57.1 Å². The summed E-state index contributed by atoms with van der Waals surface area (Å²) in [6.07, 6.45) is 9.64. The molecular formula is C33H39NaO6S. The van der Waals surface area contributed by atoms with Crippen LogP contribution < -0.4 is 39.0 Å². The first-order chi connectivity index (χ1) is 19.3. The van der Waals surface area contributed by atoms with Crippen LogP contribution in [0.3, 0.4) is 0 Å². The molecule has 0 saturated heterocycles. The van der Waals surface area contributed by atoms with Gasteiger partial charge in [-0.2, -0.15) is 0 Å². The number of hydrogen-bond acceptors (Lipinski definition) is 6. The Balaban J connectivity index is 0.00000588. The minimum absolute atomic E-state index is 0. The molecule has 0 saturated carbocycles. The average molecular weight is 587 g/mol. The van der Waals surface area contributed by atoms with E-state index in [1.54, 1.807) is 54.6 Å². The van der Waals surface area contributed by atoms with Crippen LogP contribution in [0.1, 0.15) is 83.3 Å². The molecule has 1 atom stereocenters. The number of aliphatic hydroxyl groups excluding tert-OH is 1. The average Bonchev–Trinajstić information content (AvgIpc) is 2.95. The fraction of sp³-hybridized carbons (Fsp3) is 0.394. The molecule has 0 aliphatic heterocycles. The monoisotopic (exact) mass is 586 g/mol. The third-order valence-electron chi connectivity index (χ3n) is 6.51. The molecule has 1 N–H and O–H groups in total. The fourth-order valence-electron chi connectivity index (χ4n) is 4.35. The molecule has 1 unspecified atom stereocenters. The molecule has 41 heavy (non-hydrogen) atoms. The quantitative estimate of drug-likeness (QED) is 0.116. The molecule has 0 bridgehead atoms. The number of ether oxygens (including phenoxy) is 2. The molecule has 0 fully saturated rings. The minimum atomic E-state index is -4.83. The molecular weight excluding hydrogens is 547 g/mol. The molecule has 0 aliphatic carbocycles. The normalized spacial score (nSPS) is 11.6. The number of aliphatic hydroxyl groups is 1. The molecule has 0 aromatic heterocycles. The van der Waals surface area contributed by atoms with Crippen molar-refractivity contribution in [3.05, 3.63) is 72.3 Å². The van der Waals surface area contributed by atoms with Crippen LogP contribution in [-0.4, -0.2) is 24.7 Å². The van der Waals surface area contributed by atoms with Crippen LogP contribution in [0.4, 0.5) is 0 Å². The second-order valence-electron chi connectivity index (χ2n) is 9.70. The van der Waals surface area contributed by atoms with E-state index in [0.717, 1.165) is 19.3 Å². The van der Waals surface area contributed by atoms with Gasteiger partial charge in [-0.3, -0.25) is 0 Å². The van der Waals surface area contributed by atoms with Crippen molar-refractivity contribution in [1.29, 1.82) is 0 Å². The third kappa shape index (κ3) is 11.8. The van der Waals surface area contributed by atoms with E-state index in [2.05, 4.69) is 18.8 Å². The van der Waals surface area contributed by atoms with Gasteiger partial charge >= 0.3 is 29.6 Å². The SMILES string of the molecule is CCCCCCCCCCC#CC(O)c1cccc(-c2ccc(Oc3ccc(OCC)cc3)c(S(=O)(=O)[O-])c2)c1.[Na+]. The summed E-state index contributed by atoms with van der Waals surface area (Å²) in [6, 6.07) is 18.2. The van der Waals surface area contributed by atoms with E-state index < -0.39 is 21.1 Å². The van der Waals surface area contributed by atoms with Crippen LogP contribution in [0.25, 0.3) is 11.1 Å². The molecule has 214 valence electrons. The Labute approximate surface area is 267 Å². The molecule has 0 spiro atoms. The van der Waals surface area contributed by atoms with Crippen LogP contribution in [0, 0.1) is 11.8 Å². The summed E-state index contributed by atoms with van der Waals surface area (Å²) in [5.41, 5.74) is 1.76. The Kier molecular flexibility index (Phi) is 15.6. The van der Waals surface area contributed by atoms with Crippen molar-refractivity contribution in [2.45, 2.75) is 82.6 Å². The summed E-state index contributed by atoms with van der Waals surface area (Å²) < 4.78 is 47.4. The van der Waals surface area contributed by atoms with Crippen LogP contribution in [0.5, 0.6) is 17.2 Å². The maximum atomic E-state index is 12.1. The molecule has 0 heterocycles. The summed E-state index contributed by atoms with van der Waals surface area (Å²) in [5.74, 6) is 6.95. The van der Waals surface area contributed by atoms with Gasteiger partial charge in [-0.25, -0.2) is 8.42 Å². The van der Waals surface area contributed by atoms with Gasteiger partial charge in [0.25, 0.3) is 0 Å². The Bertz CT molecular complexity index is 1380. The zero-order chi connectivity index (χ0) is 28.8. The number of unbranched alkanes of at least 4 members (excludes halogenated alkanes) is 8. The molecule has 8 heteroatoms. The van der Waals surface area contributed by atoms with Crippen LogP contribution in [-0.2, 0) is 10.1 Å². The summed E-state index contributed by atoms with van der Waals surface area (Å²) >= 11 is 0. The molecule has 3 aromatic rings. The summed E-state index contributed by atoms with van der Waals surface area (Å²) in [5, 5.41) is 10.6. The first kappa shape index (κ1) is 34.9. The van der Waals surface area contributed by atoms with E-state index in [9.17, 15) is 18.1 Å². The van der Waals surface area contributed by atoms with E-state index >= 15 is 0 Å². The molecule has 0 aliphatic rings. The number of rotatable bonds is 15. The number of benzene rings is 3. The Morgan fingerprint density at radius 1 is 0.829 bits per heavy atom. The van der Waals surface area contributed by atoms with Gasteiger partial charge < -0.3 is 19.1 Å². The third-order valence-corrected chi connectivity index (χ3v) is 7.36. The van der Waals surface area contributed by atoms with Gasteiger partial charge in [0.1, 0.15) is 33.5 Å². The van der Waals surface area contributed by atoms with Crippen molar-refractivity contribution >= 4 is 10.1 Å². The van der Waals surface area contributed by atoms with Gasteiger partial charge in [0.15, 0.2) is 0 Å². The Morgan fingerprint density at radius 2 is 1.46 bits per heavy atom. The summed E-state index contributed by atoms with van der Waals surface area (Å²) in [4.78, 5) is -0.463. The van der Waals surface area contributed by atoms with Gasteiger partial charge in [0.2, 0.25) is 0 Å². The van der Waals surface area contributed by atoms with Crippen LogP contribution in [0.2, 0.25) is 0 Å². The van der Waals surface area contributed by atoms with Crippen LogP contribution >= 0.6 is 0 Å². The van der Waals surface area contributed by atoms with E-state index in [-0.39, 0.29) is 35.3 Å². The van der Waals surface area contributed by atoms with Crippen molar-refractivity contribution in [1.82, 2.24) is 0 Å². The van der Waals surface area contributed by atoms with Crippen molar-refractivity contribution in [2.24, 2.45) is 0 Å². The second-order valence-corrected chi connectivity index (χ2v) is 11.0. The second kappa shape index (κ2) is 18.3. The maximum absolute atomic E-state index is 12.1. The van der Waals surface area contributed by atoms with E-state index in [1.165, 1.54) is 50.7 Å². The first-order valence-corrected chi connectivity index (χ1v) is 15.5. The van der Waals surface area contributed by atoms with Crippen molar-refractivity contribution in [3.8, 4) is 40.2 Å². The maximum Gasteiger partial charge on any atom is 1.00 e. The van der Waals surface area contributed by atoms with Gasteiger partial charge in [-0.15, -0.1) is 5.92 Å². The topological polar surface area (TPSA) is 95.9 Å². The summed E-state index contributed by atoms with van der Waals surface area (Å²) in [7, 11) is -4.83. The van der Waals surface area contributed by atoms with Gasteiger partial charge in [-0.1, -0.05) is 82.1 Å². The van der Waals surface area contributed by atoms with Crippen molar-refractivity contribution in [2.75, 3.05) is 6.61 Å². The molecule has 3 aromatic carbocycles. The predicted molar refractivity (Wildman–Crippen MR) is 157 cm³/mol. The van der Waals surface area contributed by atoms with Crippen molar-refractivity contribution in [3.63, 3.8) is 0 Å². The Hall–Kier alpha value is -2.31. The standard InChI is InChI=1S/C33H40O6S.Na/c1-3-5-6-7-8-9-10-11-12-13-17-31(34)28-16-14-15-26(24-28)27-18-23-32(33(25-27)40(35,36)37)39-30-21-19-29(20-22-30)38-4-2;/h14-16,18-25,31,34H,3-12H2,1-2H3,(H,35,36,37);/q;+1/p-1. The smallest absolute Gasteiger partial charge is 0.744 e. The van der Waals surface area contributed by atoms with Crippen LogP contribution in [0.15, 0.2) is 71.6 Å².